The fraction of sp³-hybridized carbons (Fsp3) is 0.273. The van der Waals surface area contributed by atoms with Crippen LogP contribution in [0.4, 0.5) is 5.13 Å². The van der Waals surface area contributed by atoms with Crippen molar-refractivity contribution in [1.82, 2.24) is 4.98 Å². The van der Waals surface area contributed by atoms with E-state index in [1.807, 2.05) is 18.2 Å². The van der Waals surface area contributed by atoms with Gasteiger partial charge in [0.05, 0.1) is 24.6 Å². The molecule has 0 unspecified atom stereocenters. The van der Waals surface area contributed by atoms with Crippen LogP contribution in [0.25, 0.3) is 11.3 Å². The summed E-state index contributed by atoms with van der Waals surface area (Å²) in [4.78, 5) is 6.16. The average molecular weight is 394 g/mol. The van der Waals surface area contributed by atoms with Crippen LogP contribution in [0, 0.1) is 0 Å². The van der Waals surface area contributed by atoms with Gasteiger partial charge in [-0.2, -0.15) is 5.10 Å². The third-order valence-corrected chi connectivity index (χ3v) is 5.74. The third-order valence-electron chi connectivity index (χ3n) is 5.00. The number of anilines is 1. The highest BCUT2D eigenvalue weighted by molar-refractivity contribution is 7.14. The summed E-state index contributed by atoms with van der Waals surface area (Å²) in [6.45, 7) is 5.67. The summed E-state index contributed by atoms with van der Waals surface area (Å²) in [5.41, 5.74) is 7.60. The van der Waals surface area contributed by atoms with E-state index in [1.54, 1.807) is 11.3 Å². The lowest BCUT2D eigenvalue weighted by Gasteiger charge is -2.31. The number of hydrogen-bond donors (Lipinski definition) is 2. The molecule has 1 saturated heterocycles. The maximum Gasteiger partial charge on any atom is 0.203 e. The molecule has 1 aliphatic rings. The van der Waals surface area contributed by atoms with Crippen molar-refractivity contribution >= 4 is 22.2 Å². The van der Waals surface area contributed by atoms with Gasteiger partial charge in [-0.05, 0) is 6.92 Å². The molecule has 2 N–H and O–H groups in total. The second kappa shape index (κ2) is 9.10. The molecular weight excluding hydrogens is 368 g/mol. The summed E-state index contributed by atoms with van der Waals surface area (Å²) >= 11 is 1.57. The Morgan fingerprint density at radius 2 is 1.75 bits per heavy atom. The van der Waals surface area contributed by atoms with Gasteiger partial charge in [-0.3, -0.25) is 5.43 Å². The van der Waals surface area contributed by atoms with Crippen LogP contribution in [0.3, 0.4) is 0 Å². The number of rotatable bonds is 6. The average Bonchev–Trinajstić information content (AvgIpc) is 3.24. The van der Waals surface area contributed by atoms with E-state index in [9.17, 15) is 0 Å². The van der Waals surface area contributed by atoms with E-state index >= 15 is 0 Å². The second-order valence-electron chi connectivity index (χ2n) is 6.88. The Bertz CT molecular complexity index is 905. The summed E-state index contributed by atoms with van der Waals surface area (Å²) in [7, 11) is 0. The van der Waals surface area contributed by atoms with E-state index in [-0.39, 0.29) is 6.04 Å². The molecule has 4 rings (SSSR count). The summed E-state index contributed by atoms with van der Waals surface area (Å²) in [6.07, 6.45) is 0. The van der Waals surface area contributed by atoms with Crippen molar-refractivity contribution in [3.8, 4) is 11.3 Å². The van der Waals surface area contributed by atoms with E-state index in [1.165, 1.54) is 10.5 Å². The minimum absolute atomic E-state index is 0.214. The van der Waals surface area contributed by atoms with Crippen LogP contribution in [-0.4, -0.2) is 37.0 Å². The van der Waals surface area contributed by atoms with Crippen LogP contribution in [0.15, 0.2) is 71.1 Å². The maximum atomic E-state index is 5.55. The van der Waals surface area contributed by atoms with Crippen molar-refractivity contribution in [2.75, 3.05) is 31.7 Å². The third kappa shape index (κ3) is 4.47. The Hall–Kier alpha value is -2.54. The number of ether oxygens (including phenoxy) is 1. The number of hydrazone groups is 1. The van der Waals surface area contributed by atoms with Crippen molar-refractivity contribution in [3.63, 3.8) is 0 Å². The molecule has 2 heterocycles. The fourth-order valence-corrected chi connectivity index (χ4v) is 4.27. The first kappa shape index (κ1) is 18.8. The normalized spacial score (nSPS) is 16.7. The molecule has 2 aromatic carbocycles. The highest BCUT2D eigenvalue weighted by atomic mass is 32.1. The Kier molecular flexibility index (Phi) is 6.11. The molecular formula is C22H25N4OS+. The molecule has 1 fully saturated rings. The molecule has 3 aromatic rings. The number of nitrogens with zero attached hydrogens (tertiary/aromatic N) is 2. The van der Waals surface area contributed by atoms with E-state index in [0.29, 0.717) is 0 Å². The number of hydrogen-bond acceptors (Lipinski definition) is 5. The molecule has 0 amide bonds. The zero-order valence-corrected chi connectivity index (χ0v) is 16.8. The predicted molar refractivity (Wildman–Crippen MR) is 115 cm³/mol. The summed E-state index contributed by atoms with van der Waals surface area (Å²) in [5.74, 6) is 0. The molecule has 5 nitrogen and oxygen atoms in total. The fourth-order valence-electron chi connectivity index (χ4n) is 3.61. The first-order valence-electron chi connectivity index (χ1n) is 9.59. The van der Waals surface area contributed by atoms with Crippen LogP contribution >= 0.6 is 11.3 Å². The van der Waals surface area contributed by atoms with Crippen LogP contribution in [0.2, 0.25) is 0 Å². The molecule has 6 heteroatoms. The van der Waals surface area contributed by atoms with Gasteiger partial charge in [-0.15, -0.1) is 11.3 Å². The number of thiazole rings is 1. The molecule has 1 atom stereocenters. The predicted octanol–water partition coefficient (Wildman–Crippen LogP) is 3.25. The molecule has 0 radical (unpaired) electrons. The standard InChI is InChI=1S/C22H24N4OS/c1-17(21(19-10-6-3-7-11-19)26-12-14-27-15-13-26)24-25-22-23-20(16-28-22)18-8-4-2-5-9-18/h2-11,16,21H,12-15H2,1H3,(H,23,25)/p+1/b24-17-/t21-/m0/s1. The van der Waals surface area contributed by atoms with E-state index in [2.05, 4.69) is 65.2 Å². The topological polar surface area (TPSA) is 51.0 Å². The van der Waals surface area contributed by atoms with Gasteiger partial charge in [0.15, 0.2) is 6.04 Å². The van der Waals surface area contributed by atoms with Crippen LogP contribution in [0.5, 0.6) is 0 Å². The van der Waals surface area contributed by atoms with Gasteiger partial charge in [-0.25, -0.2) is 4.98 Å². The monoisotopic (exact) mass is 393 g/mol. The second-order valence-corrected chi connectivity index (χ2v) is 7.74. The Balaban J connectivity index is 1.52. The lowest BCUT2D eigenvalue weighted by atomic mass is 10.0. The molecule has 0 saturated carbocycles. The van der Waals surface area contributed by atoms with Crippen molar-refractivity contribution in [1.29, 1.82) is 0 Å². The van der Waals surface area contributed by atoms with Crippen molar-refractivity contribution < 1.29 is 9.64 Å². The highest BCUT2D eigenvalue weighted by Crippen LogP contribution is 2.24. The SMILES string of the molecule is C/C(=N/Nc1nc(-c2ccccc2)cs1)[C@@H](c1ccccc1)[NH+]1CCOCC1. The van der Waals surface area contributed by atoms with Gasteiger partial charge >= 0.3 is 0 Å². The Morgan fingerprint density at radius 3 is 2.46 bits per heavy atom. The zero-order chi connectivity index (χ0) is 19.2. The smallest absolute Gasteiger partial charge is 0.203 e. The van der Waals surface area contributed by atoms with E-state index in [0.717, 1.165) is 48.4 Å². The summed E-state index contributed by atoms with van der Waals surface area (Å²) in [5, 5.41) is 7.57. The zero-order valence-electron chi connectivity index (χ0n) is 16.0. The number of benzene rings is 2. The lowest BCUT2D eigenvalue weighted by molar-refractivity contribution is -0.928. The minimum atomic E-state index is 0.214. The van der Waals surface area contributed by atoms with E-state index in [4.69, 9.17) is 9.84 Å². The van der Waals surface area contributed by atoms with Gasteiger partial charge in [0, 0.05) is 16.5 Å². The summed E-state index contributed by atoms with van der Waals surface area (Å²) < 4.78 is 5.55. The van der Waals surface area contributed by atoms with Crippen LogP contribution in [0.1, 0.15) is 18.5 Å². The van der Waals surface area contributed by atoms with Gasteiger partial charge < -0.3 is 9.64 Å². The molecule has 1 aromatic heterocycles. The number of quaternary nitrogens is 1. The van der Waals surface area contributed by atoms with E-state index < -0.39 is 0 Å². The van der Waals surface area contributed by atoms with Crippen LogP contribution < -0.4 is 10.3 Å². The van der Waals surface area contributed by atoms with Gasteiger partial charge in [0.1, 0.15) is 13.1 Å². The van der Waals surface area contributed by atoms with Crippen molar-refractivity contribution in [3.05, 3.63) is 71.6 Å². The molecule has 28 heavy (non-hydrogen) atoms. The van der Waals surface area contributed by atoms with Crippen LogP contribution in [-0.2, 0) is 4.74 Å². The van der Waals surface area contributed by atoms with Gasteiger partial charge in [0.25, 0.3) is 0 Å². The molecule has 0 spiro atoms. The first-order valence-corrected chi connectivity index (χ1v) is 10.5. The molecule has 144 valence electrons. The first-order chi connectivity index (χ1) is 13.8. The van der Waals surface area contributed by atoms with Gasteiger partial charge in [-0.1, -0.05) is 60.7 Å². The lowest BCUT2D eigenvalue weighted by Crippen LogP contribution is -3.15. The van der Waals surface area contributed by atoms with Gasteiger partial charge in [0.2, 0.25) is 5.13 Å². The quantitative estimate of drug-likeness (QED) is 0.499. The number of nitrogens with one attached hydrogen (secondary N) is 2. The molecule has 0 aliphatic carbocycles. The Morgan fingerprint density at radius 1 is 1.07 bits per heavy atom. The largest absolute Gasteiger partial charge is 0.370 e. The molecule has 1 aliphatic heterocycles. The summed E-state index contributed by atoms with van der Waals surface area (Å²) in [6, 6.07) is 21.0. The maximum absolute atomic E-state index is 5.55. The number of morpholine rings is 1. The highest BCUT2D eigenvalue weighted by Gasteiger charge is 2.29. The molecule has 0 bridgehead atoms. The minimum Gasteiger partial charge on any atom is -0.370 e. The Labute approximate surface area is 169 Å². The number of aromatic nitrogens is 1. The van der Waals surface area contributed by atoms with Crippen molar-refractivity contribution in [2.24, 2.45) is 5.10 Å². The van der Waals surface area contributed by atoms with Crippen molar-refractivity contribution in [2.45, 2.75) is 13.0 Å².